The molecule has 1 amide bonds. The minimum Gasteiger partial charge on any atom is -0.382 e. The minimum atomic E-state index is -0.489. The molecular formula is C28H31N7O. The Balaban J connectivity index is 1.35. The van der Waals surface area contributed by atoms with Crippen LogP contribution < -0.4 is 11.1 Å². The summed E-state index contributed by atoms with van der Waals surface area (Å²) in [5, 5.41) is 12.5. The average Bonchev–Trinajstić information content (AvgIpc) is 3.76. The molecule has 3 saturated carbocycles. The number of anilines is 1. The van der Waals surface area contributed by atoms with Crippen LogP contribution in [0, 0.1) is 5.41 Å². The zero-order valence-electron chi connectivity index (χ0n) is 20.7. The summed E-state index contributed by atoms with van der Waals surface area (Å²) in [4.78, 5) is 17.8. The van der Waals surface area contributed by atoms with Crippen LogP contribution in [-0.2, 0) is 10.2 Å². The number of nitrogens with zero attached hydrogens (tertiary/aromatic N) is 5. The third kappa shape index (κ3) is 3.34. The van der Waals surface area contributed by atoms with E-state index in [0.717, 1.165) is 72.1 Å². The number of nitrogen functional groups attached to an aromatic ring is 1. The summed E-state index contributed by atoms with van der Waals surface area (Å²) in [5.74, 6) is 0.606. The van der Waals surface area contributed by atoms with Crippen LogP contribution in [0.2, 0.25) is 0 Å². The van der Waals surface area contributed by atoms with Crippen molar-refractivity contribution in [1.29, 1.82) is 0 Å². The van der Waals surface area contributed by atoms with Gasteiger partial charge in [0.25, 0.3) is 0 Å². The SMILES string of the molecule is CC1(C)CC(C(=O)NC2CC2)(c2cccc(-c3cc(-c4ccnn4C4CC4)c4c(N)ncnn34)c2)C1. The van der Waals surface area contributed by atoms with Crippen LogP contribution >= 0.6 is 0 Å². The van der Waals surface area contributed by atoms with Gasteiger partial charge in [-0.05, 0) is 67.7 Å². The quantitative estimate of drug-likeness (QED) is 0.422. The van der Waals surface area contributed by atoms with E-state index in [0.29, 0.717) is 17.9 Å². The van der Waals surface area contributed by atoms with E-state index in [2.05, 4.69) is 69.4 Å². The maximum Gasteiger partial charge on any atom is 0.230 e. The van der Waals surface area contributed by atoms with Crippen LogP contribution in [0.3, 0.4) is 0 Å². The van der Waals surface area contributed by atoms with Crippen molar-refractivity contribution >= 4 is 17.2 Å². The molecule has 0 saturated heterocycles. The van der Waals surface area contributed by atoms with Crippen LogP contribution in [0.4, 0.5) is 5.82 Å². The third-order valence-corrected chi connectivity index (χ3v) is 8.04. The number of carbonyl (C=O) groups is 1. The predicted molar refractivity (Wildman–Crippen MR) is 138 cm³/mol. The monoisotopic (exact) mass is 481 g/mol. The molecule has 36 heavy (non-hydrogen) atoms. The van der Waals surface area contributed by atoms with Crippen LogP contribution in [0.5, 0.6) is 0 Å². The van der Waals surface area contributed by atoms with Gasteiger partial charge in [0.2, 0.25) is 5.91 Å². The number of carbonyl (C=O) groups excluding carboxylic acids is 1. The van der Waals surface area contributed by atoms with Crippen molar-refractivity contribution in [2.45, 2.75) is 69.9 Å². The molecule has 3 aliphatic carbocycles. The lowest BCUT2D eigenvalue weighted by molar-refractivity contribution is -0.135. The Morgan fingerprint density at radius 2 is 1.86 bits per heavy atom. The lowest BCUT2D eigenvalue weighted by Crippen LogP contribution is -2.56. The smallest absolute Gasteiger partial charge is 0.230 e. The van der Waals surface area contributed by atoms with Crippen molar-refractivity contribution in [3.63, 3.8) is 0 Å². The standard InChI is InChI=1S/C28H31N7O/c1-27(2)14-28(15-27,26(36)33-19-6-7-19)18-5-3-4-17(12-18)23-13-21(24-25(29)30-16-32-35(23)24)22-10-11-31-34(22)20-8-9-20/h3-5,10-13,16,19-20H,6-9,14-15H2,1-2H3,(H,33,36)(H2,29,30,32). The second-order valence-electron chi connectivity index (χ2n) is 11.7. The third-order valence-electron chi connectivity index (χ3n) is 8.04. The summed E-state index contributed by atoms with van der Waals surface area (Å²) in [5.41, 5.74) is 11.8. The number of amides is 1. The Morgan fingerprint density at radius 3 is 2.58 bits per heavy atom. The predicted octanol–water partition coefficient (Wildman–Crippen LogP) is 4.51. The summed E-state index contributed by atoms with van der Waals surface area (Å²) in [6.07, 6.45) is 9.49. The Kier molecular flexibility index (Phi) is 4.45. The molecule has 0 aliphatic heterocycles. The van der Waals surface area contributed by atoms with Crippen molar-refractivity contribution in [2.24, 2.45) is 5.41 Å². The molecule has 0 spiro atoms. The number of hydrogen-bond donors (Lipinski definition) is 2. The van der Waals surface area contributed by atoms with E-state index in [-0.39, 0.29) is 11.3 Å². The van der Waals surface area contributed by atoms with Crippen molar-refractivity contribution in [3.8, 4) is 22.5 Å². The van der Waals surface area contributed by atoms with Crippen molar-refractivity contribution in [2.75, 3.05) is 5.73 Å². The maximum absolute atomic E-state index is 13.5. The molecule has 0 bridgehead atoms. The van der Waals surface area contributed by atoms with E-state index in [1.54, 1.807) is 0 Å². The van der Waals surface area contributed by atoms with E-state index in [9.17, 15) is 4.79 Å². The van der Waals surface area contributed by atoms with Gasteiger partial charge in [-0.25, -0.2) is 9.50 Å². The van der Waals surface area contributed by atoms with Gasteiger partial charge < -0.3 is 11.1 Å². The van der Waals surface area contributed by atoms with E-state index >= 15 is 0 Å². The summed E-state index contributed by atoms with van der Waals surface area (Å²) in [7, 11) is 0. The molecule has 0 radical (unpaired) electrons. The van der Waals surface area contributed by atoms with Gasteiger partial charge in [0, 0.05) is 23.4 Å². The molecule has 4 aromatic rings. The van der Waals surface area contributed by atoms with Crippen molar-refractivity contribution in [3.05, 3.63) is 54.5 Å². The lowest BCUT2D eigenvalue weighted by Gasteiger charge is -2.52. The fraction of sp³-hybridized carbons (Fsp3) is 0.429. The van der Waals surface area contributed by atoms with Crippen molar-refractivity contribution < 1.29 is 4.79 Å². The Labute approximate surface area is 209 Å². The molecule has 8 heteroatoms. The first kappa shape index (κ1) is 21.6. The molecule has 0 unspecified atom stereocenters. The van der Waals surface area contributed by atoms with Gasteiger partial charge in [-0.2, -0.15) is 10.2 Å². The van der Waals surface area contributed by atoms with Crippen molar-refractivity contribution in [1.82, 2.24) is 29.7 Å². The van der Waals surface area contributed by atoms with Gasteiger partial charge in [-0.3, -0.25) is 9.48 Å². The first-order valence-corrected chi connectivity index (χ1v) is 12.9. The molecule has 1 aromatic carbocycles. The zero-order chi connectivity index (χ0) is 24.7. The zero-order valence-corrected chi connectivity index (χ0v) is 20.7. The number of rotatable bonds is 6. The van der Waals surface area contributed by atoms with E-state index in [1.165, 1.54) is 6.33 Å². The number of nitrogens with one attached hydrogen (secondary N) is 1. The second kappa shape index (κ2) is 7.41. The van der Waals surface area contributed by atoms with Gasteiger partial charge in [0.15, 0.2) is 5.82 Å². The largest absolute Gasteiger partial charge is 0.382 e. The molecule has 0 atom stereocenters. The van der Waals surface area contributed by atoms with E-state index in [1.807, 2.05) is 16.8 Å². The fourth-order valence-corrected chi connectivity index (χ4v) is 6.21. The highest BCUT2D eigenvalue weighted by Crippen LogP contribution is 2.56. The summed E-state index contributed by atoms with van der Waals surface area (Å²) < 4.78 is 3.97. The van der Waals surface area contributed by atoms with Gasteiger partial charge in [0.1, 0.15) is 11.8 Å². The topological polar surface area (TPSA) is 103 Å². The molecule has 3 heterocycles. The summed E-state index contributed by atoms with van der Waals surface area (Å²) >= 11 is 0. The average molecular weight is 482 g/mol. The highest BCUT2D eigenvalue weighted by molar-refractivity contribution is 5.92. The van der Waals surface area contributed by atoms with E-state index < -0.39 is 5.41 Å². The van der Waals surface area contributed by atoms with Gasteiger partial charge >= 0.3 is 0 Å². The maximum atomic E-state index is 13.5. The molecule has 8 nitrogen and oxygen atoms in total. The summed E-state index contributed by atoms with van der Waals surface area (Å²) in [6, 6.07) is 13.4. The highest BCUT2D eigenvalue weighted by Gasteiger charge is 2.55. The number of nitrogens with two attached hydrogens (primary N) is 1. The van der Waals surface area contributed by atoms with Gasteiger partial charge in [-0.15, -0.1) is 0 Å². The van der Waals surface area contributed by atoms with Gasteiger partial charge in [-0.1, -0.05) is 32.0 Å². The number of benzene rings is 1. The van der Waals surface area contributed by atoms with E-state index in [4.69, 9.17) is 5.73 Å². The van der Waals surface area contributed by atoms with Crippen LogP contribution in [-0.4, -0.2) is 36.3 Å². The number of hydrogen-bond acceptors (Lipinski definition) is 5. The highest BCUT2D eigenvalue weighted by atomic mass is 16.2. The van der Waals surface area contributed by atoms with Crippen LogP contribution in [0.15, 0.2) is 48.9 Å². The summed E-state index contributed by atoms with van der Waals surface area (Å²) in [6.45, 7) is 4.49. The normalized spacial score (nSPS) is 20.3. The van der Waals surface area contributed by atoms with Crippen LogP contribution in [0.1, 0.15) is 64.0 Å². The first-order valence-electron chi connectivity index (χ1n) is 12.9. The molecule has 3 fully saturated rings. The van der Waals surface area contributed by atoms with Crippen LogP contribution in [0.25, 0.3) is 28.0 Å². The second-order valence-corrected chi connectivity index (χ2v) is 11.7. The molecule has 3 aliphatic rings. The number of aromatic nitrogens is 5. The first-order chi connectivity index (χ1) is 17.3. The fourth-order valence-electron chi connectivity index (χ4n) is 6.21. The Morgan fingerprint density at radius 1 is 1.06 bits per heavy atom. The van der Waals surface area contributed by atoms with Gasteiger partial charge in [0.05, 0.1) is 22.8 Å². The molecular weight excluding hydrogens is 450 g/mol. The molecule has 7 rings (SSSR count). The minimum absolute atomic E-state index is 0.148. The Hall–Kier alpha value is -3.68. The molecule has 3 N–H and O–H groups in total. The lowest BCUT2D eigenvalue weighted by atomic mass is 9.51. The number of fused-ring (bicyclic) bond motifs is 1. The molecule has 3 aromatic heterocycles. The molecule has 184 valence electrons. The Bertz CT molecular complexity index is 1500.